The van der Waals surface area contributed by atoms with Crippen molar-refractivity contribution in [1.82, 2.24) is 0 Å². The molecule has 2 rings (SSSR count). The summed E-state index contributed by atoms with van der Waals surface area (Å²) < 4.78 is 0. The zero-order valence-corrected chi connectivity index (χ0v) is 11.4. The Kier molecular flexibility index (Phi) is 4.78. The second kappa shape index (κ2) is 6.10. The highest BCUT2D eigenvalue weighted by molar-refractivity contribution is 5.40. The average Bonchev–Trinajstić information content (AvgIpc) is 2.26. The molecule has 18 heavy (non-hydrogen) atoms. The monoisotopic (exact) mass is 244 g/mol. The summed E-state index contributed by atoms with van der Waals surface area (Å²) in [6.07, 6.45) is 0. The minimum Gasteiger partial charge on any atom is -0.508 e. The molecular weight excluding hydrogens is 224 g/mol. The van der Waals surface area contributed by atoms with Crippen molar-refractivity contribution in [2.24, 2.45) is 0 Å². The third kappa shape index (κ3) is 4.13. The van der Waals surface area contributed by atoms with Crippen LogP contribution in [0.3, 0.4) is 0 Å². The number of aromatic hydroxyl groups is 2. The van der Waals surface area contributed by atoms with Crippen molar-refractivity contribution in [1.29, 1.82) is 0 Å². The maximum Gasteiger partial charge on any atom is 0.119 e. The number of rotatable bonds is 0. The van der Waals surface area contributed by atoms with E-state index < -0.39 is 0 Å². The molecule has 0 aliphatic carbocycles. The normalized spacial score (nSPS) is 9.56. The van der Waals surface area contributed by atoms with Gasteiger partial charge in [0.25, 0.3) is 0 Å². The highest BCUT2D eigenvalue weighted by Crippen LogP contribution is 2.20. The van der Waals surface area contributed by atoms with Crippen LogP contribution in [0.2, 0.25) is 0 Å². The van der Waals surface area contributed by atoms with Crippen LogP contribution in [0.5, 0.6) is 11.5 Å². The van der Waals surface area contributed by atoms with E-state index in [4.69, 9.17) is 5.11 Å². The predicted molar refractivity (Wildman–Crippen MR) is 75.2 cm³/mol. The molecule has 0 radical (unpaired) electrons. The van der Waals surface area contributed by atoms with Gasteiger partial charge in [0.05, 0.1) is 0 Å². The standard InChI is InChI=1S/C9H12O.C7H8O/c1-6-4-7(2)8(3)9(10)5-6;1-6-3-2-4-7(8)5-6/h4-5,10H,1-3H3;2-5,8H,1H3. The summed E-state index contributed by atoms with van der Waals surface area (Å²) in [5.74, 6) is 0.738. The summed E-state index contributed by atoms with van der Waals surface area (Å²) >= 11 is 0. The lowest BCUT2D eigenvalue weighted by Crippen LogP contribution is -1.82. The number of phenolic OH excluding ortho intramolecular Hbond substituents is 2. The molecule has 0 saturated heterocycles. The van der Waals surface area contributed by atoms with Gasteiger partial charge in [-0.05, 0) is 68.1 Å². The van der Waals surface area contributed by atoms with Gasteiger partial charge in [0.1, 0.15) is 11.5 Å². The second-order valence-electron chi connectivity index (χ2n) is 4.56. The van der Waals surface area contributed by atoms with Crippen LogP contribution in [0.15, 0.2) is 36.4 Å². The van der Waals surface area contributed by atoms with Crippen LogP contribution < -0.4 is 0 Å². The van der Waals surface area contributed by atoms with Crippen molar-refractivity contribution in [2.75, 3.05) is 0 Å². The van der Waals surface area contributed by atoms with E-state index in [0.29, 0.717) is 11.5 Å². The van der Waals surface area contributed by atoms with E-state index in [-0.39, 0.29) is 0 Å². The number of phenols is 2. The van der Waals surface area contributed by atoms with Crippen LogP contribution in [0, 0.1) is 27.7 Å². The first-order valence-corrected chi connectivity index (χ1v) is 5.92. The van der Waals surface area contributed by atoms with Crippen molar-refractivity contribution in [2.45, 2.75) is 27.7 Å². The molecule has 0 saturated carbocycles. The molecule has 0 amide bonds. The Morgan fingerprint density at radius 1 is 0.778 bits per heavy atom. The molecule has 0 fully saturated rings. The molecule has 2 nitrogen and oxygen atoms in total. The first-order chi connectivity index (χ1) is 8.40. The summed E-state index contributed by atoms with van der Waals surface area (Å²) in [4.78, 5) is 0. The lowest BCUT2D eigenvalue weighted by molar-refractivity contribution is 0.470. The van der Waals surface area contributed by atoms with Gasteiger partial charge >= 0.3 is 0 Å². The first-order valence-electron chi connectivity index (χ1n) is 5.92. The Hall–Kier alpha value is -1.96. The summed E-state index contributed by atoms with van der Waals surface area (Å²) in [7, 11) is 0. The fourth-order valence-corrected chi connectivity index (χ4v) is 1.65. The summed E-state index contributed by atoms with van der Waals surface area (Å²) in [5.41, 5.74) is 4.33. The van der Waals surface area contributed by atoms with E-state index in [9.17, 15) is 5.11 Å². The zero-order valence-electron chi connectivity index (χ0n) is 11.4. The first kappa shape index (κ1) is 14.1. The Bertz CT molecular complexity index is 490. The molecule has 2 aromatic rings. The van der Waals surface area contributed by atoms with Gasteiger partial charge in [-0.3, -0.25) is 0 Å². The minimum atomic E-state index is 0.338. The van der Waals surface area contributed by atoms with Crippen LogP contribution in [0.1, 0.15) is 22.3 Å². The molecule has 0 spiro atoms. The van der Waals surface area contributed by atoms with E-state index in [1.54, 1.807) is 18.2 Å². The summed E-state index contributed by atoms with van der Waals surface area (Å²) in [6, 6.07) is 11.0. The zero-order chi connectivity index (χ0) is 13.7. The Morgan fingerprint density at radius 2 is 1.44 bits per heavy atom. The highest BCUT2D eigenvalue weighted by atomic mass is 16.3. The topological polar surface area (TPSA) is 40.5 Å². The molecular formula is C16H20O2. The van der Waals surface area contributed by atoms with Gasteiger partial charge in [0, 0.05) is 0 Å². The molecule has 0 aliphatic rings. The van der Waals surface area contributed by atoms with Gasteiger partial charge in [-0.25, -0.2) is 0 Å². The largest absolute Gasteiger partial charge is 0.508 e. The van der Waals surface area contributed by atoms with E-state index in [2.05, 4.69) is 6.07 Å². The Balaban J connectivity index is 0.000000184. The molecule has 0 aromatic heterocycles. The highest BCUT2D eigenvalue weighted by Gasteiger charge is 1.98. The summed E-state index contributed by atoms with van der Waals surface area (Å²) in [5, 5.41) is 18.1. The van der Waals surface area contributed by atoms with Crippen molar-refractivity contribution < 1.29 is 10.2 Å². The molecule has 0 atom stereocenters. The van der Waals surface area contributed by atoms with Crippen LogP contribution in [0.25, 0.3) is 0 Å². The van der Waals surface area contributed by atoms with Gasteiger partial charge in [0.2, 0.25) is 0 Å². The molecule has 0 bridgehead atoms. The van der Waals surface area contributed by atoms with Gasteiger partial charge in [-0.2, -0.15) is 0 Å². The quantitative estimate of drug-likeness (QED) is 0.735. The Labute approximate surface area is 109 Å². The van der Waals surface area contributed by atoms with E-state index >= 15 is 0 Å². The van der Waals surface area contributed by atoms with E-state index in [0.717, 1.165) is 22.3 Å². The summed E-state index contributed by atoms with van der Waals surface area (Å²) in [6.45, 7) is 7.85. The number of benzene rings is 2. The lowest BCUT2D eigenvalue weighted by atomic mass is 10.1. The molecule has 2 N–H and O–H groups in total. The Morgan fingerprint density at radius 3 is 1.89 bits per heavy atom. The average molecular weight is 244 g/mol. The minimum absolute atomic E-state index is 0.338. The van der Waals surface area contributed by atoms with Gasteiger partial charge in [-0.15, -0.1) is 0 Å². The lowest BCUT2D eigenvalue weighted by Gasteiger charge is -2.03. The number of hydrogen-bond donors (Lipinski definition) is 2. The maximum atomic E-state index is 9.28. The number of hydrogen-bond acceptors (Lipinski definition) is 2. The van der Waals surface area contributed by atoms with Crippen LogP contribution in [-0.4, -0.2) is 10.2 Å². The van der Waals surface area contributed by atoms with Crippen LogP contribution in [0.4, 0.5) is 0 Å². The van der Waals surface area contributed by atoms with Crippen molar-refractivity contribution in [3.05, 3.63) is 58.7 Å². The van der Waals surface area contributed by atoms with Crippen molar-refractivity contribution >= 4 is 0 Å². The molecule has 0 aliphatic heterocycles. The van der Waals surface area contributed by atoms with E-state index in [1.165, 1.54) is 0 Å². The number of aryl methyl sites for hydroxylation is 3. The van der Waals surface area contributed by atoms with E-state index in [1.807, 2.05) is 39.8 Å². The third-order valence-electron chi connectivity index (χ3n) is 2.79. The molecule has 0 heterocycles. The maximum absolute atomic E-state index is 9.28. The smallest absolute Gasteiger partial charge is 0.119 e. The third-order valence-corrected chi connectivity index (χ3v) is 2.79. The molecule has 2 heteroatoms. The predicted octanol–water partition coefficient (Wildman–Crippen LogP) is 4.02. The molecule has 0 unspecified atom stereocenters. The van der Waals surface area contributed by atoms with Crippen molar-refractivity contribution in [3.8, 4) is 11.5 Å². The van der Waals surface area contributed by atoms with Crippen molar-refractivity contribution in [3.63, 3.8) is 0 Å². The van der Waals surface area contributed by atoms with Gasteiger partial charge in [0.15, 0.2) is 0 Å². The van der Waals surface area contributed by atoms with Crippen LogP contribution >= 0.6 is 0 Å². The molecule has 2 aromatic carbocycles. The fourth-order valence-electron chi connectivity index (χ4n) is 1.65. The second-order valence-corrected chi connectivity index (χ2v) is 4.56. The SMILES string of the molecule is Cc1cc(C)c(C)c(O)c1.Cc1cccc(O)c1. The van der Waals surface area contributed by atoms with Gasteiger partial charge < -0.3 is 10.2 Å². The fraction of sp³-hybridized carbons (Fsp3) is 0.250. The van der Waals surface area contributed by atoms with Gasteiger partial charge in [-0.1, -0.05) is 18.2 Å². The molecule has 96 valence electrons. The van der Waals surface area contributed by atoms with Crippen LogP contribution in [-0.2, 0) is 0 Å².